The minimum absolute atomic E-state index is 0.00131. The Hall–Kier alpha value is -9.89. The van der Waals surface area contributed by atoms with Crippen LogP contribution < -0.4 is 5.73 Å². The number of aromatic carboxylic acids is 2. The van der Waals surface area contributed by atoms with Crippen LogP contribution in [0.5, 0.6) is 0 Å². The summed E-state index contributed by atoms with van der Waals surface area (Å²) < 4.78 is 179. The first kappa shape index (κ1) is 61.0. The van der Waals surface area contributed by atoms with Gasteiger partial charge in [0.05, 0.1) is 34.9 Å². The van der Waals surface area contributed by atoms with Crippen LogP contribution in [0.25, 0.3) is 55.9 Å². The van der Waals surface area contributed by atoms with Crippen LogP contribution in [-0.4, -0.2) is 62.7 Å². The number of nitrogens with two attached hydrogens (primary N) is 1. The smallest absolute Gasteiger partial charge is 0.417 e. The summed E-state index contributed by atoms with van der Waals surface area (Å²) in [5.41, 5.74) is 3.09. The first-order chi connectivity index (χ1) is 37.4. The zero-order valence-corrected chi connectivity index (χ0v) is 40.9. The van der Waals surface area contributed by atoms with Gasteiger partial charge in [0.2, 0.25) is 11.6 Å². The molecule has 0 aliphatic carbocycles. The molecule has 0 unspecified atom stereocenters. The third-order valence-corrected chi connectivity index (χ3v) is 10.5. The van der Waals surface area contributed by atoms with Crippen LogP contribution >= 0.6 is 0 Å². The molecular weight excluding hydrogens is 1100 g/mol. The topological polar surface area (TPSA) is 255 Å². The molecule has 420 valence electrons. The lowest BCUT2D eigenvalue weighted by molar-refractivity contribution is -0.137. The summed E-state index contributed by atoms with van der Waals surface area (Å²) in [6.07, 6.45) is -11.7. The molecule has 9 rings (SSSR count). The molecule has 80 heavy (non-hydrogen) atoms. The number of carbonyl (C=O) groups excluding carboxylic acids is 2. The molecule has 0 saturated heterocycles. The Kier molecular flexibility index (Phi) is 19.1. The van der Waals surface area contributed by atoms with Gasteiger partial charge in [-0.3, -0.25) is 4.79 Å². The number of ether oxygens (including phenoxy) is 1. The van der Waals surface area contributed by atoms with E-state index in [0.29, 0.717) is 59.2 Å². The molecule has 0 atom stereocenters. The molecule has 0 spiro atoms. The van der Waals surface area contributed by atoms with Gasteiger partial charge in [-0.25, -0.2) is 27.6 Å². The first-order valence-corrected chi connectivity index (χ1v) is 21.9. The zero-order chi connectivity index (χ0) is 59.6. The van der Waals surface area contributed by atoms with E-state index in [2.05, 4.69) is 48.8 Å². The Labute approximate surface area is 439 Å². The second-order valence-corrected chi connectivity index (χ2v) is 16.0. The van der Waals surface area contributed by atoms with E-state index < -0.39 is 109 Å². The summed E-state index contributed by atoms with van der Waals surface area (Å²) >= 11 is 0. The number of hydrogen-bond donors (Lipinski definition) is 4. The van der Waals surface area contributed by atoms with Gasteiger partial charge in [-0.15, -0.1) is 0 Å². The van der Waals surface area contributed by atoms with Crippen molar-refractivity contribution < 1.29 is 110 Å². The highest BCUT2D eigenvalue weighted by atomic mass is 19.4. The molecule has 0 aliphatic heterocycles. The van der Waals surface area contributed by atoms with Gasteiger partial charge in [0.15, 0.2) is 57.8 Å². The average molecular weight is 1140 g/mol. The minimum atomic E-state index is -4.70. The van der Waals surface area contributed by atoms with Crippen LogP contribution in [0.2, 0.25) is 0 Å². The van der Waals surface area contributed by atoms with Crippen molar-refractivity contribution in [2.75, 3.05) is 7.11 Å². The van der Waals surface area contributed by atoms with Crippen molar-refractivity contribution in [1.82, 2.24) is 10.1 Å². The number of carboxylic acids is 2. The normalized spacial score (nSPS) is 11.5. The predicted octanol–water partition coefficient (Wildman–Crippen LogP) is 14.2. The average Bonchev–Trinajstić information content (AvgIpc) is 4.26. The molecular formula is C52H36F12N4O12. The summed E-state index contributed by atoms with van der Waals surface area (Å²) in [6.45, 7) is 6.20. The second-order valence-electron chi connectivity index (χ2n) is 16.0. The molecule has 4 aromatic heterocycles. The van der Waals surface area contributed by atoms with Gasteiger partial charge in [-0.2, -0.15) is 44.5 Å². The molecule has 0 fully saturated rings. The fourth-order valence-corrected chi connectivity index (χ4v) is 6.46. The van der Waals surface area contributed by atoms with Gasteiger partial charge in [-0.05, 0) is 93.6 Å². The molecule has 16 nitrogen and oxygen atoms in total. The van der Waals surface area contributed by atoms with Gasteiger partial charge in [0.25, 0.3) is 5.89 Å². The van der Waals surface area contributed by atoms with Gasteiger partial charge in [-0.1, -0.05) is 46.2 Å². The third kappa shape index (κ3) is 14.8. The molecule has 0 bridgehead atoms. The molecule has 0 aliphatic rings. The molecule has 4 heterocycles. The number of alkyl halides is 9. The summed E-state index contributed by atoms with van der Waals surface area (Å²) in [5.74, 6) is -7.52. The Morgan fingerprint density at radius 3 is 1.49 bits per heavy atom. The molecule has 0 radical (unpaired) electrons. The monoisotopic (exact) mass is 1140 g/mol. The standard InChI is InChI=1S/C18H8F4N2O4.C10H4F4O3.C10H4F4O2.C9H10N2O3.C5H10/c19-12-6-5-11(18(20,21)22)10-7-13(27-14(10)12)16-23-15(24-28-16)8-1-3-9(4-2-8)17(25)26;11-6-2-1-5(10(12,13)14)4-3-7(9(15)16)17-8(4)6;11-8-2-1-7(10(12,13)14)6-3-5(4-15)16-9(6)8;1-14-9(12)7-4-2-6(3-5-7)8(10)11-13;1-4-5(2)3/h1-7H,(H,25,26);1-3H,(H,15,16);1-4H;2-5,13H,1H3,(H2,10,11);4H,1-3H3. The number of fused-ring (bicyclic) bond motifs is 3. The largest absolute Gasteiger partial charge is 0.478 e. The Morgan fingerprint density at radius 2 is 1.06 bits per heavy atom. The highest BCUT2D eigenvalue weighted by Crippen LogP contribution is 2.41. The highest BCUT2D eigenvalue weighted by Gasteiger charge is 2.37. The van der Waals surface area contributed by atoms with Gasteiger partial charge in [0.1, 0.15) is 0 Å². The number of aldehydes is 1. The van der Waals surface area contributed by atoms with Crippen LogP contribution in [-0.2, 0) is 23.3 Å². The minimum Gasteiger partial charge on any atom is -0.478 e. The predicted molar refractivity (Wildman–Crippen MR) is 257 cm³/mol. The van der Waals surface area contributed by atoms with E-state index in [4.69, 9.17) is 30.1 Å². The van der Waals surface area contributed by atoms with Crippen molar-refractivity contribution >= 4 is 62.9 Å². The fraction of sp³-hybridized carbons (Fsp3) is 0.135. The number of amidine groups is 1. The number of oxime groups is 1. The van der Waals surface area contributed by atoms with Crippen molar-refractivity contribution in [2.45, 2.75) is 39.3 Å². The number of carbonyl (C=O) groups is 4. The SMILES string of the molecule is CC=C(C)C.COC(=O)c1ccc(/C(N)=N\O)cc1.O=C(O)c1cc2c(C(F)(F)F)ccc(F)c2o1.O=C(O)c1ccc(-c2noc(-c3cc4c(C(F)(F)F)ccc(F)c4o3)n2)cc1.O=Cc1cc2c(C(F)(F)F)ccc(F)c2o1. The Bertz CT molecular complexity index is 3760. The van der Waals surface area contributed by atoms with Crippen LogP contribution in [0.3, 0.4) is 0 Å². The number of hydrogen-bond acceptors (Lipinski definition) is 13. The number of halogens is 12. The highest BCUT2D eigenvalue weighted by molar-refractivity contribution is 5.98. The quantitative estimate of drug-likeness (QED) is 0.0169. The number of carboxylic acid groups (broad SMARTS) is 2. The Balaban J connectivity index is 0.000000198. The number of benzene rings is 5. The maximum absolute atomic E-state index is 13.9. The zero-order valence-electron chi connectivity index (χ0n) is 40.9. The van der Waals surface area contributed by atoms with Crippen molar-refractivity contribution in [3.63, 3.8) is 0 Å². The molecule has 0 amide bonds. The van der Waals surface area contributed by atoms with Crippen LogP contribution in [0.1, 0.15) is 84.9 Å². The van der Waals surface area contributed by atoms with Crippen molar-refractivity contribution in [1.29, 1.82) is 0 Å². The van der Waals surface area contributed by atoms with E-state index in [9.17, 15) is 71.9 Å². The molecule has 5 N–H and O–H groups in total. The number of methoxy groups -OCH3 is 1. The van der Waals surface area contributed by atoms with Crippen molar-refractivity contribution in [3.05, 3.63) is 177 Å². The maximum Gasteiger partial charge on any atom is 0.417 e. The van der Waals surface area contributed by atoms with E-state index in [1.165, 1.54) is 36.9 Å². The first-order valence-electron chi connectivity index (χ1n) is 21.9. The van der Waals surface area contributed by atoms with Crippen molar-refractivity contribution in [2.24, 2.45) is 10.9 Å². The third-order valence-electron chi connectivity index (χ3n) is 10.5. The summed E-state index contributed by atoms with van der Waals surface area (Å²) in [7, 11) is 1.31. The molecule has 5 aromatic carbocycles. The van der Waals surface area contributed by atoms with Crippen LogP contribution in [0.4, 0.5) is 52.7 Å². The number of rotatable bonds is 7. The lowest BCUT2D eigenvalue weighted by atomic mass is 10.1. The number of esters is 1. The van der Waals surface area contributed by atoms with E-state index in [1.54, 1.807) is 24.3 Å². The maximum atomic E-state index is 13.9. The second kappa shape index (κ2) is 25.1. The lowest BCUT2D eigenvalue weighted by Crippen LogP contribution is -2.13. The number of furan rings is 3. The number of nitrogens with zero attached hydrogens (tertiary/aromatic N) is 3. The summed E-state index contributed by atoms with van der Waals surface area (Å²) in [4.78, 5) is 46.8. The molecule has 28 heteroatoms. The summed E-state index contributed by atoms with van der Waals surface area (Å²) in [6, 6.07) is 18.0. The van der Waals surface area contributed by atoms with E-state index in [-0.39, 0.29) is 40.9 Å². The Morgan fingerprint density at radius 1 is 0.625 bits per heavy atom. The van der Waals surface area contributed by atoms with Gasteiger partial charge >= 0.3 is 36.4 Å². The van der Waals surface area contributed by atoms with E-state index in [1.807, 2.05) is 6.92 Å². The number of aromatic nitrogens is 2. The summed E-state index contributed by atoms with van der Waals surface area (Å²) in [5, 5.41) is 30.9. The number of allylic oxidation sites excluding steroid dienone is 2. The van der Waals surface area contributed by atoms with Crippen molar-refractivity contribution in [3.8, 4) is 23.0 Å². The van der Waals surface area contributed by atoms with Crippen LogP contribution in [0, 0.1) is 17.5 Å². The molecule has 0 saturated carbocycles. The van der Waals surface area contributed by atoms with Crippen LogP contribution in [0.15, 0.2) is 138 Å². The van der Waals surface area contributed by atoms with Gasteiger partial charge in [0, 0.05) is 33.4 Å². The van der Waals surface area contributed by atoms with Gasteiger partial charge < -0.3 is 43.7 Å². The van der Waals surface area contributed by atoms with E-state index >= 15 is 0 Å². The van der Waals surface area contributed by atoms with E-state index in [0.717, 1.165) is 12.1 Å². The lowest BCUT2D eigenvalue weighted by Gasteiger charge is -2.06. The fourth-order valence-electron chi connectivity index (χ4n) is 6.46. The molecule has 9 aromatic rings.